The van der Waals surface area contributed by atoms with Crippen LogP contribution in [0.25, 0.3) is 5.69 Å². The normalized spacial score (nSPS) is 14.0. The predicted octanol–water partition coefficient (Wildman–Crippen LogP) is 3.52. The van der Waals surface area contributed by atoms with Crippen LogP contribution in [0.15, 0.2) is 30.5 Å². The minimum atomic E-state index is 0.208. The molecular weight excluding hydrogens is 260 g/mol. The third-order valence-corrected chi connectivity index (χ3v) is 3.77. The van der Waals surface area contributed by atoms with Crippen molar-refractivity contribution in [1.29, 1.82) is 5.26 Å². The number of hydrogen-bond donors (Lipinski definition) is 0. The highest BCUT2D eigenvalue weighted by Gasteiger charge is 2.21. The van der Waals surface area contributed by atoms with Crippen LogP contribution < -0.4 is 0 Å². The monoisotopic (exact) mass is 270 g/mol. The topological polar surface area (TPSA) is 45.8 Å². The molecule has 0 amide bonds. The van der Waals surface area contributed by atoms with Gasteiger partial charge >= 0.3 is 0 Å². The third kappa shape index (κ3) is 1.94. The smallest absolute Gasteiger partial charge is 0.164 e. The van der Waals surface area contributed by atoms with Crippen LogP contribution in [-0.2, 0) is 6.42 Å². The highest BCUT2D eigenvalue weighted by molar-refractivity contribution is 6.31. The largest absolute Gasteiger partial charge is 0.320 e. The molecule has 0 fully saturated rings. The fourth-order valence-corrected chi connectivity index (χ4v) is 2.73. The molecule has 1 aliphatic carbocycles. The Morgan fingerprint density at radius 1 is 1.26 bits per heavy atom. The minimum absolute atomic E-state index is 0.208. The van der Waals surface area contributed by atoms with E-state index in [1.54, 1.807) is 12.1 Å². The lowest BCUT2D eigenvalue weighted by Crippen LogP contribution is -2.12. The maximum atomic E-state index is 11.8. The molecule has 0 bridgehead atoms. The van der Waals surface area contributed by atoms with Crippen molar-refractivity contribution in [2.75, 3.05) is 0 Å². The van der Waals surface area contributed by atoms with Gasteiger partial charge in [-0.25, -0.2) is 0 Å². The second-order valence-electron chi connectivity index (χ2n) is 4.60. The Bertz CT molecular complexity index is 709. The second kappa shape index (κ2) is 4.56. The van der Waals surface area contributed by atoms with Crippen LogP contribution in [0.5, 0.6) is 0 Å². The van der Waals surface area contributed by atoms with Gasteiger partial charge in [-0.3, -0.25) is 4.79 Å². The van der Waals surface area contributed by atoms with Crippen molar-refractivity contribution in [3.05, 3.63) is 52.3 Å². The van der Waals surface area contributed by atoms with Gasteiger partial charge in [-0.1, -0.05) is 11.6 Å². The number of ketones is 1. The number of halogens is 1. The summed E-state index contributed by atoms with van der Waals surface area (Å²) in [7, 11) is 0. The molecule has 1 aromatic carbocycles. The molecule has 0 saturated heterocycles. The summed E-state index contributed by atoms with van der Waals surface area (Å²) in [5.41, 5.74) is 3.20. The van der Waals surface area contributed by atoms with Crippen LogP contribution in [0.2, 0.25) is 5.02 Å². The van der Waals surface area contributed by atoms with Crippen molar-refractivity contribution in [3.8, 4) is 11.8 Å². The molecule has 0 saturated carbocycles. The van der Waals surface area contributed by atoms with Gasteiger partial charge in [0.15, 0.2) is 5.78 Å². The van der Waals surface area contributed by atoms with E-state index < -0.39 is 0 Å². The first-order valence-corrected chi connectivity index (χ1v) is 6.52. The molecule has 1 aromatic heterocycles. The number of carbonyl (C=O) groups is 1. The lowest BCUT2D eigenvalue weighted by Gasteiger charge is -2.15. The van der Waals surface area contributed by atoms with E-state index in [1.807, 2.05) is 29.0 Å². The summed E-state index contributed by atoms with van der Waals surface area (Å²) >= 11 is 6.06. The summed E-state index contributed by atoms with van der Waals surface area (Å²) in [5, 5.41) is 9.32. The van der Waals surface area contributed by atoms with Crippen LogP contribution in [0.3, 0.4) is 0 Å². The zero-order valence-electron chi connectivity index (χ0n) is 10.2. The number of fused-ring (bicyclic) bond motifs is 1. The Balaban J connectivity index is 2.11. The van der Waals surface area contributed by atoms with Crippen LogP contribution in [0.4, 0.5) is 0 Å². The van der Waals surface area contributed by atoms with E-state index in [4.69, 9.17) is 16.9 Å². The van der Waals surface area contributed by atoms with Gasteiger partial charge in [-0.2, -0.15) is 5.26 Å². The van der Waals surface area contributed by atoms with Crippen LogP contribution >= 0.6 is 11.6 Å². The van der Waals surface area contributed by atoms with E-state index in [0.717, 1.165) is 29.8 Å². The Labute approximate surface area is 116 Å². The lowest BCUT2D eigenvalue weighted by molar-refractivity contribution is 0.0972. The zero-order valence-corrected chi connectivity index (χ0v) is 10.9. The molecule has 1 heterocycles. The molecule has 0 unspecified atom stereocenters. The minimum Gasteiger partial charge on any atom is -0.320 e. The van der Waals surface area contributed by atoms with E-state index in [9.17, 15) is 4.79 Å². The van der Waals surface area contributed by atoms with Gasteiger partial charge in [0.25, 0.3) is 0 Å². The number of rotatable bonds is 1. The average Bonchev–Trinajstić information content (AvgIpc) is 2.84. The molecule has 94 valence electrons. The van der Waals surface area contributed by atoms with E-state index in [1.165, 1.54) is 0 Å². The standard InChI is InChI=1S/C15H11ClN2O/c16-13-8-11(5-4-10(13)9-17)18-7-6-12-14(18)2-1-3-15(12)19/h4-8H,1-3H2. The predicted molar refractivity (Wildman–Crippen MR) is 72.8 cm³/mol. The first kappa shape index (κ1) is 12.0. The average molecular weight is 271 g/mol. The molecule has 2 aromatic rings. The lowest BCUT2D eigenvalue weighted by atomic mass is 9.97. The highest BCUT2D eigenvalue weighted by Crippen LogP contribution is 2.27. The Kier molecular flexibility index (Phi) is 2.88. The fraction of sp³-hybridized carbons (Fsp3) is 0.200. The summed E-state index contributed by atoms with van der Waals surface area (Å²) in [5.74, 6) is 0.208. The molecule has 0 spiro atoms. The molecule has 0 aliphatic heterocycles. The summed E-state index contributed by atoms with van der Waals surface area (Å²) in [6.07, 6.45) is 4.31. The van der Waals surface area contributed by atoms with Crippen LogP contribution in [0.1, 0.15) is 34.5 Å². The molecule has 0 radical (unpaired) electrons. The van der Waals surface area contributed by atoms with Crippen molar-refractivity contribution >= 4 is 17.4 Å². The van der Waals surface area contributed by atoms with E-state index in [-0.39, 0.29) is 5.78 Å². The number of nitrogens with zero attached hydrogens (tertiary/aromatic N) is 2. The molecule has 4 heteroatoms. The Morgan fingerprint density at radius 3 is 2.84 bits per heavy atom. The van der Waals surface area contributed by atoms with Gasteiger partial charge in [-0.05, 0) is 37.1 Å². The number of aromatic nitrogens is 1. The number of carbonyl (C=O) groups excluding carboxylic acids is 1. The number of benzene rings is 1. The molecule has 0 N–H and O–H groups in total. The van der Waals surface area contributed by atoms with Gasteiger partial charge in [0.05, 0.1) is 10.6 Å². The molecule has 3 rings (SSSR count). The van der Waals surface area contributed by atoms with Crippen molar-refractivity contribution in [2.24, 2.45) is 0 Å². The van der Waals surface area contributed by atoms with Gasteiger partial charge in [0, 0.05) is 29.6 Å². The Morgan fingerprint density at radius 2 is 2.11 bits per heavy atom. The molecule has 19 heavy (non-hydrogen) atoms. The van der Waals surface area contributed by atoms with Crippen molar-refractivity contribution in [1.82, 2.24) is 4.57 Å². The summed E-state index contributed by atoms with van der Waals surface area (Å²) < 4.78 is 1.99. The first-order valence-electron chi connectivity index (χ1n) is 6.14. The third-order valence-electron chi connectivity index (χ3n) is 3.46. The van der Waals surface area contributed by atoms with Gasteiger partial charge in [-0.15, -0.1) is 0 Å². The summed E-state index contributed by atoms with van der Waals surface area (Å²) in [6, 6.07) is 9.22. The second-order valence-corrected chi connectivity index (χ2v) is 5.01. The van der Waals surface area contributed by atoms with Crippen molar-refractivity contribution in [3.63, 3.8) is 0 Å². The van der Waals surface area contributed by atoms with Gasteiger partial charge in [0.2, 0.25) is 0 Å². The summed E-state index contributed by atoms with van der Waals surface area (Å²) in [6.45, 7) is 0. The number of hydrogen-bond acceptors (Lipinski definition) is 2. The van der Waals surface area contributed by atoms with Crippen molar-refractivity contribution < 1.29 is 4.79 Å². The van der Waals surface area contributed by atoms with Crippen LogP contribution in [-0.4, -0.2) is 10.4 Å². The maximum Gasteiger partial charge on any atom is 0.164 e. The first-order chi connectivity index (χ1) is 9.20. The Hall–Kier alpha value is -2.05. The molecule has 3 nitrogen and oxygen atoms in total. The quantitative estimate of drug-likeness (QED) is 0.796. The van der Waals surface area contributed by atoms with Crippen LogP contribution in [0, 0.1) is 11.3 Å². The number of Topliss-reactive ketones (excluding diaryl/α,β-unsaturated/α-hetero) is 1. The van der Waals surface area contributed by atoms with E-state index in [0.29, 0.717) is 17.0 Å². The fourth-order valence-electron chi connectivity index (χ4n) is 2.51. The zero-order chi connectivity index (χ0) is 13.4. The van der Waals surface area contributed by atoms with Gasteiger partial charge < -0.3 is 4.57 Å². The van der Waals surface area contributed by atoms with E-state index >= 15 is 0 Å². The van der Waals surface area contributed by atoms with Gasteiger partial charge in [0.1, 0.15) is 6.07 Å². The summed E-state index contributed by atoms with van der Waals surface area (Å²) in [4.78, 5) is 11.8. The van der Waals surface area contributed by atoms with Crippen molar-refractivity contribution in [2.45, 2.75) is 19.3 Å². The molecular formula is C15H11ClN2O. The molecule has 0 atom stereocenters. The molecule has 1 aliphatic rings. The van der Waals surface area contributed by atoms with E-state index in [2.05, 4.69) is 0 Å². The SMILES string of the molecule is N#Cc1ccc(-n2ccc3c2CCCC3=O)cc1Cl. The highest BCUT2D eigenvalue weighted by atomic mass is 35.5. The maximum absolute atomic E-state index is 11.8. The number of nitriles is 1.